The van der Waals surface area contributed by atoms with Crippen LogP contribution in [0.5, 0.6) is 0 Å². The predicted molar refractivity (Wildman–Crippen MR) is 58.1 cm³/mol. The molecule has 8 heteroatoms. The highest BCUT2D eigenvalue weighted by Crippen LogP contribution is 2.26. The standard InChI is InChI=1S/C10H5FN2O5/c11-4-1-5-6(10(15)16)3-8(14)12-9(5)7(2-4)13(17)18/h1-3H,(H,12,14)(H,15,16). The molecule has 0 saturated carbocycles. The molecule has 1 aromatic carbocycles. The summed E-state index contributed by atoms with van der Waals surface area (Å²) in [7, 11) is 0. The Balaban J connectivity index is 3.03. The number of carboxylic acid groups (broad SMARTS) is 1. The maximum atomic E-state index is 13.2. The van der Waals surface area contributed by atoms with Crippen LogP contribution >= 0.6 is 0 Å². The number of pyridine rings is 1. The Morgan fingerprint density at radius 2 is 2.06 bits per heavy atom. The van der Waals surface area contributed by atoms with Gasteiger partial charge >= 0.3 is 5.97 Å². The molecule has 0 atom stereocenters. The minimum Gasteiger partial charge on any atom is -0.478 e. The number of fused-ring (bicyclic) bond motifs is 1. The molecular formula is C10H5FN2O5. The van der Waals surface area contributed by atoms with E-state index in [1.54, 1.807) is 0 Å². The minimum atomic E-state index is -1.47. The van der Waals surface area contributed by atoms with Crippen LogP contribution in [0.1, 0.15) is 10.4 Å². The molecule has 7 nitrogen and oxygen atoms in total. The van der Waals surface area contributed by atoms with Crippen LogP contribution in [0.25, 0.3) is 10.9 Å². The first-order valence-corrected chi connectivity index (χ1v) is 4.64. The fourth-order valence-electron chi connectivity index (χ4n) is 1.63. The Labute approximate surface area is 97.6 Å². The van der Waals surface area contributed by atoms with E-state index >= 15 is 0 Å². The molecule has 92 valence electrons. The van der Waals surface area contributed by atoms with Gasteiger partial charge in [0.25, 0.3) is 5.69 Å². The number of rotatable bonds is 2. The zero-order chi connectivity index (χ0) is 13.4. The van der Waals surface area contributed by atoms with Gasteiger partial charge in [-0.05, 0) is 6.07 Å². The van der Waals surface area contributed by atoms with E-state index in [0.717, 1.165) is 12.1 Å². The van der Waals surface area contributed by atoms with Crippen molar-refractivity contribution < 1.29 is 19.2 Å². The predicted octanol–water partition coefficient (Wildman–Crippen LogP) is 1.27. The van der Waals surface area contributed by atoms with Crippen molar-refractivity contribution in [2.45, 2.75) is 0 Å². The summed E-state index contributed by atoms with van der Waals surface area (Å²) in [5, 5.41) is 19.4. The second-order valence-electron chi connectivity index (χ2n) is 3.46. The van der Waals surface area contributed by atoms with Crippen molar-refractivity contribution in [3.63, 3.8) is 0 Å². The molecule has 0 spiro atoms. The lowest BCUT2D eigenvalue weighted by atomic mass is 10.1. The molecule has 0 bridgehead atoms. The van der Waals surface area contributed by atoms with Crippen LogP contribution < -0.4 is 5.56 Å². The zero-order valence-electron chi connectivity index (χ0n) is 8.64. The van der Waals surface area contributed by atoms with E-state index in [9.17, 15) is 24.1 Å². The Morgan fingerprint density at radius 1 is 1.39 bits per heavy atom. The summed E-state index contributed by atoms with van der Waals surface area (Å²) in [6, 6.07) is 2.18. The number of nitro benzene ring substituents is 1. The van der Waals surface area contributed by atoms with E-state index in [1.807, 2.05) is 0 Å². The lowest BCUT2D eigenvalue weighted by Crippen LogP contribution is -2.11. The van der Waals surface area contributed by atoms with Crippen molar-refractivity contribution in [1.29, 1.82) is 0 Å². The van der Waals surface area contributed by atoms with Crippen LogP contribution in [0.4, 0.5) is 10.1 Å². The van der Waals surface area contributed by atoms with Crippen molar-refractivity contribution in [1.82, 2.24) is 4.98 Å². The van der Waals surface area contributed by atoms with Crippen molar-refractivity contribution in [2.24, 2.45) is 0 Å². The number of H-pyrrole nitrogens is 1. The summed E-state index contributed by atoms with van der Waals surface area (Å²) >= 11 is 0. The monoisotopic (exact) mass is 252 g/mol. The first kappa shape index (κ1) is 11.7. The molecule has 0 unspecified atom stereocenters. The second-order valence-corrected chi connectivity index (χ2v) is 3.46. The molecule has 0 aliphatic rings. The summed E-state index contributed by atoms with van der Waals surface area (Å²) in [6.45, 7) is 0. The Kier molecular flexibility index (Phi) is 2.55. The lowest BCUT2D eigenvalue weighted by molar-refractivity contribution is -0.383. The summed E-state index contributed by atoms with van der Waals surface area (Å²) in [6.07, 6.45) is 0. The highest BCUT2D eigenvalue weighted by molar-refractivity contribution is 6.04. The molecular weight excluding hydrogens is 247 g/mol. The first-order valence-electron chi connectivity index (χ1n) is 4.64. The van der Waals surface area contributed by atoms with E-state index in [4.69, 9.17) is 5.11 Å². The quantitative estimate of drug-likeness (QED) is 0.617. The molecule has 0 aliphatic carbocycles. The van der Waals surface area contributed by atoms with Crippen LogP contribution in [-0.4, -0.2) is 21.0 Å². The van der Waals surface area contributed by atoms with Gasteiger partial charge in [-0.3, -0.25) is 14.9 Å². The Hall–Kier alpha value is -2.77. The topological polar surface area (TPSA) is 113 Å². The first-order chi connectivity index (χ1) is 8.40. The number of carbonyl (C=O) groups is 1. The van der Waals surface area contributed by atoms with Gasteiger partial charge < -0.3 is 10.1 Å². The van der Waals surface area contributed by atoms with Crippen LogP contribution in [0.3, 0.4) is 0 Å². The number of hydrogen-bond acceptors (Lipinski definition) is 4. The van der Waals surface area contributed by atoms with Crippen LogP contribution in [0.2, 0.25) is 0 Å². The highest BCUT2D eigenvalue weighted by atomic mass is 19.1. The van der Waals surface area contributed by atoms with E-state index < -0.39 is 33.5 Å². The summed E-state index contributed by atoms with van der Waals surface area (Å²) in [5.41, 5.74) is -2.30. The van der Waals surface area contributed by atoms with Crippen LogP contribution in [-0.2, 0) is 0 Å². The van der Waals surface area contributed by atoms with Crippen molar-refractivity contribution >= 4 is 22.6 Å². The number of nitrogens with one attached hydrogen (secondary N) is 1. The molecule has 1 heterocycles. The van der Waals surface area contributed by atoms with Crippen molar-refractivity contribution in [3.8, 4) is 0 Å². The molecule has 2 N–H and O–H groups in total. The number of non-ortho nitro benzene ring substituents is 1. The average molecular weight is 252 g/mol. The third kappa shape index (κ3) is 1.79. The molecule has 0 radical (unpaired) electrons. The minimum absolute atomic E-state index is 0.228. The maximum Gasteiger partial charge on any atom is 0.336 e. The number of aromatic carboxylic acids is 1. The number of carboxylic acids is 1. The number of nitro groups is 1. The van der Waals surface area contributed by atoms with Crippen molar-refractivity contribution in [3.05, 3.63) is 50.0 Å². The molecule has 1 aromatic heterocycles. The Morgan fingerprint density at radius 3 is 2.61 bits per heavy atom. The smallest absolute Gasteiger partial charge is 0.336 e. The number of aromatic amines is 1. The van der Waals surface area contributed by atoms with Gasteiger partial charge in [0, 0.05) is 11.5 Å². The number of halogens is 1. The molecule has 0 saturated heterocycles. The number of nitrogens with zero attached hydrogens (tertiary/aromatic N) is 1. The summed E-state index contributed by atoms with van der Waals surface area (Å²) < 4.78 is 13.2. The summed E-state index contributed by atoms with van der Waals surface area (Å²) in [5.74, 6) is -2.42. The van der Waals surface area contributed by atoms with Crippen molar-refractivity contribution in [2.75, 3.05) is 0 Å². The second kappa shape index (κ2) is 3.91. The molecule has 0 aliphatic heterocycles. The van der Waals surface area contributed by atoms with Gasteiger partial charge in [-0.15, -0.1) is 0 Å². The van der Waals surface area contributed by atoms with Gasteiger partial charge in [0.2, 0.25) is 5.56 Å². The lowest BCUT2D eigenvalue weighted by Gasteiger charge is -2.03. The van der Waals surface area contributed by atoms with E-state index in [-0.39, 0.29) is 10.9 Å². The van der Waals surface area contributed by atoms with Gasteiger partial charge in [-0.2, -0.15) is 0 Å². The summed E-state index contributed by atoms with van der Waals surface area (Å²) in [4.78, 5) is 34.1. The fourth-order valence-corrected chi connectivity index (χ4v) is 1.63. The van der Waals surface area contributed by atoms with E-state index in [0.29, 0.717) is 6.07 Å². The molecule has 0 fully saturated rings. The molecule has 2 aromatic rings. The van der Waals surface area contributed by atoms with Gasteiger partial charge in [-0.1, -0.05) is 0 Å². The molecule has 2 rings (SSSR count). The number of benzene rings is 1. The van der Waals surface area contributed by atoms with Crippen LogP contribution in [0, 0.1) is 15.9 Å². The number of aromatic nitrogens is 1. The SMILES string of the molecule is O=C(O)c1cc(=O)[nH]c2c([N+](=O)[O-])cc(F)cc12. The van der Waals surface area contributed by atoms with Gasteiger partial charge in [0.1, 0.15) is 11.3 Å². The fraction of sp³-hybridized carbons (Fsp3) is 0. The van der Waals surface area contributed by atoms with Gasteiger partial charge in [-0.25, -0.2) is 9.18 Å². The zero-order valence-corrected chi connectivity index (χ0v) is 8.64. The Bertz CT molecular complexity index is 737. The van der Waals surface area contributed by atoms with Gasteiger partial charge in [0.05, 0.1) is 16.6 Å². The van der Waals surface area contributed by atoms with Gasteiger partial charge in [0.15, 0.2) is 0 Å². The third-order valence-corrected chi connectivity index (χ3v) is 2.32. The maximum absolute atomic E-state index is 13.2. The highest BCUT2D eigenvalue weighted by Gasteiger charge is 2.20. The molecule has 18 heavy (non-hydrogen) atoms. The van der Waals surface area contributed by atoms with E-state index in [2.05, 4.69) is 4.98 Å². The normalized spacial score (nSPS) is 10.5. The average Bonchev–Trinajstić information content (AvgIpc) is 2.27. The largest absolute Gasteiger partial charge is 0.478 e. The third-order valence-electron chi connectivity index (χ3n) is 2.32. The number of hydrogen-bond donors (Lipinski definition) is 2. The van der Waals surface area contributed by atoms with E-state index in [1.165, 1.54) is 0 Å². The molecule has 0 amide bonds. The van der Waals surface area contributed by atoms with Crippen LogP contribution in [0.15, 0.2) is 23.0 Å².